The Balaban J connectivity index is 1.60. The van der Waals surface area contributed by atoms with Crippen LogP contribution in [0.25, 0.3) is 6.08 Å². The molecule has 0 aliphatic carbocycles. The molecule has 0 radical (unpaired) electrons. The second-order valence-electron chi connectivity index (χ2n) is 6.57. The predicted molar refractivity (Wildman–Crippen MR) is 108 cm³/mol. The number of ketones is 1. The highest BCUT2D eigenvalue weighted by atomic mass is 16.5. The number of rotatable bonds is 5. The number of benzene rings is 3. The van der Waals surface area contributed by atoms with Crippen LogP contribution in [0.1, 0.15) is 27.0 Å². The molecule has 3 aromatic carbocycles. The number of para-hydroxylation sites is 1. The van der Waals surface area contributed by atoms with Gasteiger partial charge in [-0.15, -0.1) is 0 Å². The molecule has 0 saturated heterocycles. The minimum absolute atomic E-state index is 0.131. The quantitative estimate of drug-likeness (QED) is 0.578. The summed E-state index contributed by atoms with van der Waals surface area (Å²) >= 11 is 0. The normalized spacial score (nSPS) is 13.9. The summed E-state index contributed by atoms with van der Waals surface area (Å²) in [6.07, 6.45) is 1.71. The molecule has 0 amide bonds. The van der Waals surface area contributed by atoms with Crippen LogP contribution in [0.5, 0.6) is 17.2 Å². The van der Waals surface area contributed by atoms with Crippen molar-refractivity contribution in [2.75, 3.05) is 7.11 Å². The number of aryl methyl sites for hydroxylation is 1. The molecule has 140 valence electrons. The van der Waals surface area contributed by atoms with Crippen molar-refractivity contribution in [3.05, 3.63) is 94.7 Å². The lowest BCUT2D eigenvalue weighted by Gasteiger charge is -2.09. The van der Waals surface area contributed by atoms with Gasteiger partial charge in [-0.25, -0.2) is 0 Å². The Labute approximate surface area is 164 Å². The molecule has 0 N–H and O–H groups in total. The van der Waals surface area contributed by atoms with E-state index < -0.39 is 0 Å². The Morgan fingerprint density at radius 3 is 2.54 bits per heavy atom. The molecule has 0 aromatic heterocycles. The average molecular weight is 372 g/mol. The lowest BCUT2D eigenvalue weighted by molar-refractivity contribution is 0.101. The fourth-order valence-electron chi connectivity index (χ4n) is 3.23. The number of methoxy groups -OCH3 is 1. The van der Waals surface area contributed by atoms with E-state index in [0.29, 0.717) is 29.4 Å². The van der Waals surface area contributed by atoms with Gasteiger partial charge in [0.2, 0.25) is 5.78 Å². The molecule has 0 bridgehead atoms. The van der Waals surface area contributed by atoms with Crippen LogP contribution in [0, 0.1) is 6.92 Å². The van der Waals surface area contributed by atoms with Crippen molar-refractivity contribution < 1.29 is 19.0 Å². The number of hydrogen-bond acceptors (Lipinski definition) is 4. The zero-order valence-electron chi connectivity index (χ0n) is 15.8. The first-order valence-electron chi connectivity index (χ1n) is 9.04. The third-order valence-corrected chi connectivity index (χ3v) is 4.62. The standard InChI is InChI=1S/C24H20O4/c1-16-12-19(27-15-17-8-4-3-5-9-17)14-21-23(16)24(25)22(28-21)13-18-10-6-7-11-20(18)26-2/h3-14H,15H2,1-2H3/b22-13-. The van der Waals surface area contributed by atoms with Crippen LogP contribution in [0.15, 0.2) is 72.5 Å². The minimum atomic E-state index is -0.131. The van der Waals surface area contributed by atoms with Crippen molar-refractivity contribution in [1.82, 2.24) is 0 Å². The van der Waals surface area contributed by atoms with E-state index >= 15 is 0 Å². The van der Waals surface area contributed by atoms with Crippen molar-refractivity contribution in [1.29, 1.82) is 0 Å². The Morgan fingerprint density at radius 2 is 1.75 bits per heavy atom. The third-order valence-electron chi connectivity index (χ3n) is 4.62. The highest BCUT2D eigenvalue weighted by Crippen LogP contribution is 2.38. The van der Waals surface area contributed by atoms with Gasteiger partial charge in [-0.2, -0.15) is 0 Å². The van der Waals surface area contributed by atoms with Gasteiger partial charge in [0.25, 0.3) is 0 Å². The summed E-state index contributed by atoms with van der Waals surface area (Å²) in [5.41, 5.74) is 3.27. The number of fused-ring (bicyclic) bond motifs is 1. The van der Waals surface area contributed by atoms with E-state index in [2.05, 4.69) is 0 Å². The Kier molecular flexibility index (Phi) is 4.85. The summed E-state index contributed by atoms with van der Waals surface area (Å²) in [6, 6.07) is 21.1. The maximum Gasteiger partial charge on any atom is 0.232 e. The maximum absolute atomic E-state index is 12.8. The van der Waals surface area contributed by atoms with Crippen LogP contribution >= 0.6 is 0 Å². The number of ether oxygens (including phenoxy) is 3. The van der Waals surface area contributed by atoms with E-state index in [1.54, 1.807) is 19.3 Å². The van der Waals surface area contributed by atoms with Crippen LogP contribution in [-0.4, -0.2) is 12.9 Å². The van der Waals surface area contributed by atoms with E-state index in [-0.39, 0.29) is 11.5 Å². The summed E-state index contributed by atoms with van der Waals surface area (Å²) in [5.74, 6) is 2.03. The molecule has 4 heteroatoms. The maximum atomic E-state index is 12.8. The van der Waals surface area contributed by atoms with Crippen molar-refractivity contribution in [2.24, 2.45) is 0 Å². The summed E-state index contributed by atoms with van der Waals surface area (Å²) < 4.78 is 17.1. The molecule has 4 nitrogen and oxygen atoms in total. The van der Waals surface area contributed by atoms with Gasteiger partial charge in [0.1, 0.15) is 23.9 Å². The van der Waals surface area contributed by atoms with E-state index in [1.807, 2.05) is 67.6 Å². The molecule has 0 fully saturated rings. The number of hydrogen-bond donors (Lipinski definition) is 0. The molecular weight excluding hydrogens is 352 g/mol. The summed E-state index contributed by atoms with van der Waals surface area (Å²) in [4.78, 5) is 12.8. The molecule has 0 unspecified atom stereocenters. The lowest BCUT2D eigenvalue weighted by Crippen LogP contribution is -2.00. The molecule has 1 aliphatic heterocycles. The molecule has 0 saturated carbocycles. The summed E-state index contributed by atoms with van der Waals surface area (Å²) in [6.45, 7) is 2.35. The fourth-order valence-corrected chi connectivity index (χ4v) is 3.23. The molecule has 4 rings (SSSR count). The van der Waals surface area contributed by atoms with Gasteiger partial charge in [0, 0.05) is 11.6 Å². The van der Waals surface area contributed by atoms with Crippen molar-refractivity contribution >= 4 is 11.9 Å². The van der Waals surface area contributed by atoms with Crippen molar-refractivity contribution in [2.45, 2.75) is 13.5 Å². The Morgan fingerprint density at radius 1 is 1.00 bits per heavy atom. The number of carbonyl (C=O) groups is 1. The molecule has 28 heavy (non-hydrogen) atoms. The van der Waals surface area contributed by atoms with Gasteiger partial charge < -0.3 is 14.2 Å². The number of allylic oxidation sites excluding steroid dienone is 1. The van der Waals surface area contributed by atoms with Crippen LogP contribution in [0.3, 0.4) is 0 Å². The van der Waals surface area contributed by atoms with Crippen LogP contribution in [0.2, 0.25) is 0 Å². The highest BCUT2D eigenvalue weighted by molar-refractivity contribution is 6.15. The Bertz CT molecular complexity index is 1050. The first kappa shape index (κ1) is 17.9. The predicted octanol–water partition coefficient (Wildman–Crippen LogP) is 5.20. The SMILES string of the molecule is COc1ccccc1/C=C1\Oc2cc(OCc3ccccc3)cc(C)c2C1=O. The number of carbonyl (C=O) groups excluding carboxylic acids is 1. The van der Waals surface area contributed by atoms with E-state index in [0.717, 1.165) is 16.7 Å². The van der Waals surface area contributed by atoms with Gasteiger partial charge in [-0.05, 0) is 36.3 Å². The van der Waals surface area contributed by atoms with Gasteiger partial charge in [0.05, 0.1) is 12.7 Å². The highest BCUT2D eigenvalue weighted by Gasteiger charge is 2.30. The van der Waals surface area contributed by atoms with Crippen molar-refractivity contribution in [3.63, 3.8) is 0 Å². The van der Waals surface area contributed by atoms with Gasteiger partial charge in [-0.3, -0.25) is 4.79 Å². The molecule has 0 spiro atoms. The second kappa shape index (κ2) is 7.61. The topological polar surface area (TPSA) is 44.8 Å². The largest absolute Gasteiger partial charge is 0.496 e. The molecule has 0 atom stereocenters. The monoisotopic (exact) mass is 372 g/mol. The van der Waals surface area contributed by atoms with E-state index in [9.17, 15) is 4.79 Å². The molecule has 1 aliphatic rings. The molecule has 1 heterocycles. The lowest BCUT2D eigenvalue weighted by atomic mass is 10.0. The molecular formula is C24H20O4. The van der Waals surface area contributed by atoms with Gasteiger partial charge in [0.15, 0.2) is 5.76 Å². The van der Waals surface area contributed by atoms with Crippen molar-refractivity contribution in [3.8, 4) is 17.2 Å². The van der Waals surface area contributed by atoms with E-state index in [4.69, 9.17) is 14.2 Å². The second-order valence-corrected chi connectivity index (χ2v) is 6.57. The number of Topliss-reactive ketones (excluding diaryl/α,β-unsaturated/α-hetero) is 1. The zero-order valence-corrected chi connectivity index (χ0v) is 15.8. The summed E-state index contributed by atoms with van der Waals surface area (Å²) in [7, 11) is 1.60. The van der Waals surface area contributed by atoms with Crippen LogP contribution in [0.4, 0.5) is 0 Å². The summed E-state index contributed by atoms with van der Waals surface area (Å²) in [5, 5.41) is 0. The van der Waals surface area contributed by atoms with Crippen LogP contribution in [-0.2, 0) is 6.61 Å². The average Bonchev–Trinajstić information content (AvgIpc) is 3.03. The first-order chi connectivity index (χ1) is 13.7. The minimum Gasteiger partial charge on any atom is -0.496 e. The molecule has 3 aromatic rings. The zero-order chi connectivity index (χ0) is 19.5. The van der Waals surface area contributed by atoms with Gasteiger partial charge in [-0.1, -0.05) is 48.5 Å². The first-order valence-corrected chi connectivity index (χ1v) is 9.04. The third kappa shape index (κ3) is 3.49. The van der Waals surface area contributed by atoms with Gasteiger partial charge >= 0.3 is 0 Å². The fraction of sp³-hybridized carbons (Fsp3) is 0.125. The van der Waals surface area contributed by atoms with E-state index in [1.165, 1.54) is 0 Å². The Hall–Kier alpha value is -3.53. The smallest absolute Gasteiger partial charge is 0.232 e. The van der Waals surface area contributed by atoms with Crippen LogP contribution < -0.4 is 14.2 Å².